The lowest BCUT2D eigenvalue weighted by atomic mass is 10.0. The first kappa shape index (κ1) is 12.9. The van der Waals surface area contributed by atoms with Crippen molar-refractivity contribution in [1.29, 1.82) is 0 Å². The summed E-state index contributed by atoms with van der Waals surface area (Å²) in [6.45, 7) is 1.63. The highest BCUT2D eigenvalue weighted by Crippen LogP contribution is 2.13. The lowest BCUT2D eigenvalue weighted by Gasteiger charge is -2.04. The van der Waals surface area contributed by atoms with Crippen molar-refractivity contribution in [3.8, 4) is 0 Å². The summed E-state index contributed by atoms with van der Waals surface area (Å²) in [5.74, 6) is -2.52. The van der Waals surface area contributed by atoms with E-state index in [-0.39, 0.29) is 29.8 Å². The van der Waals surface area contributed by atoms with Crippen LogP contribution in [-0.2, 0) is 4.79 Å². The fourth-order valence-corrected chi connectivity index (χ4v) is 1.39. The third kappa shape index (κ3) is 3.41. The van der Waals surface area contributed by atoms with E-state index in [1.54, 1.807) is 6.92 Å². The van der Waals surface area contributed by atoms with Gasteiger partial charge in [0.1, 0.15) is 0 Å². The first-order valence-corrected chi connectivity index (χ1v) is 5.00. The smallest absolute Gasteiger partial charge is 0.335 e. The minimum Gasteiger partial charge on any atom is -0.481 e. The van der Waals surface area contributed by atoms with E-state index in [9.17, 15) is 14.4 Å². The maximum atomic E-state index is 11.6. The number of carboxylic acid groups (broad SMARTS) is 2. The Morgan fingerprint density at radius 1 is 1.12 bits per heavy atom. The molecule has 90 valence electrons. The van der Waals surface area contributed by atoms with Gasteiger partial charge < -0.3 is 10.2 Å². The molecule has 0 aliphatic heterocycles. The zero-order valence-corrected chi connectivity index (χ0v) is 9.27. The second-order valence-corrected chi connectivity index (χ2v) is 3.65. The van der Waals surface area contributed by atoms with Crippen LogP contribution in [0, 0.1) is 6.92 Å². The maximum absolute atomic E-state index is 11.6. The van der Waals surface area contributed by atoms with Gasteiger partial charge >= 0.3 is 11.9 Å². The summed E-state index contributed by atoms with van der Waals surface area (Å²) < 4.78 is 0. The van der Waals surface area contributed by atoms with Crippen molar-refractivity contribution in [2.75, 3.05) is 0 Å². The van der Waals surface area contributed by atoms with E-state index in [4.69, 9.17) is 10.2 Å². The van der Waals surface area contributed by atoms with Crippen molar-refractivity contribution >= 4 is 17.7 Å². The molecule has 1 rings (SSSR count). The Kier molecular flexibility index (Phi) is 3.98. The lowest BCUT2D eigenvalue weighted by molar-refractivity contribution is -0.136. The number of rotatable bonds is 5. The Morgan fingerprint density at radius 3 is 2.29 bits per heavy atom. The minimum atomic E-state index is -1.10. The molecule has 1 aromatic rings. The molecule has 0 saturated heterocycles. The number of aliphatic carboxylic acids is 1. The molecule has 0 heterocycles. The minimum absolute atomic E-state index is 0.0613. The number of Topliss-reactive ketones (excluding diaryl/α,β-unsaturated/α-hetero) is 1. The van der Waals surface area contributed by atoms with Crippen LogP contribution in [-0.4, -0.2) is 27.9 Å². The van der Waals surface area contributed by atoms with Crippen LogP contribution in [0.25, 0.3) is 0 Å². The molecule has 1 aromatic carbocycles. The van der Waals surface area contributed by atoms with E-state index >= 15 is 0 Å². The van der Waals surface area contributed by atoms with E-state index in [0.29, 0.717) is 5.56 Å². The van der Waals surface area contributed by atoms with Crippen molar-refractivity contribution in [3.05, 3.63) is 34.9 Å². The number of carboxylic acids is 2. The van der Waals surface area contributed by atoms with Crippen molar-refractivity contribution in [2.45, 2.75) is 19.8 Å². The molecule has 0 unspecified atom stereocenters. The second-order valence-electron chi connectivity index (χ2n) is 3.65. The molecule has 0 fully saturated rings. The van der Waals surface area contributed by atoms with Crippen LogP contribution in [0.1, 0.15) is 39.1 Å². The molecular weight excluding hydrogens is 224 g/mol. The first-order chi connectivity index (χ1) is 7.91. The SMILES string of the molecule is Cc1ccc(C(=O)CCC(=O)O)cc1C(=O)O. The second kappa shape index (κ2) is 5.25. The molecular formula is C12H12O5. The van der Waals surface area contributed by atoms with E-state index in [2.05, 4.69) is 0 Å². The molecule has 0 atom stereocenters. The Balaban J connectivity index is 2.92. The third-order valence-corrected chi connectivity index (χ3v) is 2.36. The number of aromatic carboxylic acids is 1. The van der Waals surface area contributed by atoms with E-state index in [0.717, 1.165) is 0 Å². The number of carbonyl (C=O) groups excluding carboxylic acids is 1. The van der Waals surface area contributed by atoms with Crippen LogP contribution >= 0.6 is 0 Å². The quantitative estimate of drug-likeness (QED) is 0.760. The summed E-state index contributed by atoms with van der Waals surface area (Å²) in [6, 6.07) is 4.32. The molecule has 0 aliphatic rings. The van der Waals surface area contributed by atoms with E-state index in [1.807, 2.05) is 0 Å². The van der Waals surface area contributed by atoms with Crippen LogP contribution < -0.4 is 0 Å². The van der Waals surface area contributed by atoms with Gasteiger partial charge in [0.25, 0.3) is 0 Å². The summed E-state index contributed by atoms with van der Waals surface area (Å²) in [7, 11) is 0. The fourth-order valence-electron chi connectivity index (χ4n) is 1.39. The zero-order chi connectivity index (χ0) is 13.0. The van der Waals surface area contributed by atoms with Gasteiger partial charge in [0.05, 0.1) is 12.0 Å². The summed E-state index contributed by atoms with van der Waals surface area (Å²) in [6.07, 6.45) is -0.382. The summed E-state index contributed by atoms with van der Waals surface area (Å²) in [5.41, 5.74) is 0.854. The molecule has 0 amide bonds. The highest BCUT2D eigenvalue weighted by atomic mass is 16.4. The molecule has 17 heavy (non-hydrogen) atoms. The highest BCUT2D eigenvalue weighted by Gasteiger charge is 2.13. The van der Waals surface area contributed by atoms with Crippen molar-refractivity contribution in [2.24, 2.45) is 0 Å². The van der Waals surface area contributed by atoms with Crippen molar-refractivity contribution in [3.63, 3.8) is 0 Å². The van der Waals surface area contributed by atoms with Gasteiger partial charge in [-0.25, -0.2) is 4.79 Å². The Morgan fingerprint density at radius 2 is 1.76 bits per heavy atom. The molecule has 0 bridgehead atoms. The highest BCUT2D eigenvalue weighted by molar-refractivity contribution is 6.00. The van der Waals surface area contributed by atoms with Crippen LogP contribution in [0.4, 0.5) is 0 Å². The molecule has 0 aliphatic carbocycles. The van der Waals surface area contributed by atoms with Gasteiger partial charge in [-0.05, 0) is 18.6 Å². The number of hydrogen-bond donors (Lipinski definition) is 2. The lowest BCUT2D eigenvalue weighted by Crippen LogP contribution is -2.07. The Hall–Kier alpha value is -2.17. The molecule has 5 nitrogen and oxygen atoms in total. The van der Waals surface area contributed by atoms with Gasteiger partial charge in [-0.1, -0.05) is 12.1 Å². The van der Waals surface area contributed by atoms with E-state index in [1.165, 1.54) is 18.2 Å². The zero-order valence-electron chi connectivity index (χ0n) is 9.27. The normalized spacial score (nSPS) is 9.94. The average Bonchev–Trinajstić information content (AvgIpc) is 2.26. The van der Waals surface area contributed by atoms with Crippen LogP contribution in [0.3, 0.4) is 0 Å². The number of carbonyl (C=O) groups is 3. The molecule has 5 heteroatoms. The van der Waals surface area contributed by atoms with Crippen LogP contribution in [0.2, 0.25) is 0 Å². The average molecular weight is 236 g/mol. The number of benzene rings is 1. The van der Waals surface area contributed by atoms with Gasteiger partial charge in [-0.2, -0.15) is 0 Å². The monoisotopic (exact) mass is 236 g/mol. The van der Waals surface area contributed by atoms with Crippen LogP contribution in [0.15, 0.2) is 18.2 Å². The van der Waals surface area contributed by atoms with Gasteiger partial charge in [-0.15, -0.1) is 0 Å². The predicted octanol–water partition coefficient (Wildman–Crippen LogP) is 1.74. The topological polar surface area (TPSA) is 91.7 Å². The molecule has 0 aromatic heterocycles. The molecule has 2 N–H and O–H groups in total. The number of aryl methyl sites for hydroxylation is 1. The van der Waals surface area contributed by atoms with Gasteiger partial charge in [0.2, 0.25) is 0 Å². The molecule has 0 radical (unpaired) electrons. The summed E-state index contributed by atoms with van der Waals surface area (Å²) in [5, 5.41) is 17.3. The first-order valence-electron chi connectivity index (χ1n) is 5.00. The summed E-state index contributed by atoms with van der Waals surface area (Å²) in [4.78, 5) is 32.8. The third-order valence-electron chi connectivity index (χ3n) is 2.36. The van der Waals surface area contributed by atoms with Gasteiger partial charge in [0.15, 0.2) is 5.78 Å². The Labute approximate surface area is 97.7 Å². The van der Waals surface area contributed by atoms with Gasteiger partial charge in [0, 0.05) is 12.0 Å². The predicted molar refractivity (Wildman–Crippen MR) is 59.3 cm³/mol. The van der Waals surface area contributed by atoms with Crippen molar-refractivity contribution in [1.82, 2.24) is 0 Å². The van der Waals surface area contributed by atoms with Gasteiger partial charge in [-0.3, -0.25) is 9.59 Å². The van der Waals surface area contributed by atoms with E-state index < -0.39 is 11.9 Å². The molecule has 0 spiro atoms. The summed E-state index contributed by atoms with van der Waals surface area (Å²) >= 11 is 0. The standard InChI is InChI=1S/C12H12O5/c1-7-2-3-8(6-9(7)12(16)17)10(13)4-5-11(14)15/h2-3,6H,4-5H2,1H3,(H,14,15)(H,16,17). The number of hydrogen-bond acceptors (Lipinski definition) is 3. The molecule has 0 saturated carbocycles. The largest absolute Gasteiger partial charge is 0.481 e. The fraction of sp³-hybridized carbons (Fsp3) is 0.250. The van der Waals surface area contributed by atoms with Crippen molar-refractivity contribution < 1.29 is 24.6 Å². The van der Waals surface area contributed by atoms with Crippen LogP contribution in [0.5, 0.6) is 0 Å². The number of ketones is 1. The maximum Gasteiger partial charge on any atom is 0.335 e. The Bertz CT molecular complexity index is 476.